The van der Waals surface area contributed by atoms with Crippen molar-refractivity contribution in [2.75, 3.05) is 5.32 Å². The van der Waals surface area contributed by atoms with Gasteiger partial charge in [-0.25, -0.2) is 23.4 Å². The van der Waals surface area contributed by atoms with E-state index in [-0.39, 0.29) is 29.0 Å². The molecule has 0 unspecified atom stereocenters. The molecule has 156 valence electrons. The fourth-order valence-electron chi connectivity index (χ4n) is 3.30. The Kier molecular flexibility index (Phi) is 5.06. The number of hydrogen-bond donors (Lipinski definition) is 1. The largest absolute Gasteiger partial charge is 0.300 e. The van der Waals surface area contributed by atoms with Crippen molar-refractivity contribution in [3.8, 4) is 11.3 Å². The molecule has 0 fully saturated rings. The van der Waals surface area contributed by atoms with Crippen LogP contribution in [-0.4, -0.2) is 35.4 Å². The summed E-state index contributed by atoms with van der Waals surface area (Å²) < 4.78 is 30.0. The first-order chi connectivity index (χ1) is 14.2. The number of pyridine rings is 1. The maximum Gasteiger partial charge on any atom is 0.264 e. The van der Waals surface area contributed by atoms with Crippen LogP contribution in [-0.2, 0) is 18.4 Å². The van der Waals surface area contributed by atoms with E-state index in [2.05, 4.69) is 25.5 Å². The van der Waals surface area contributed by atoms with Crippen molar-refractivity contribution in [2.24, 2.45) is 7.05 Å². The maximum atomic E-state index is 13.4. The highest BCUT2D eigenvalue weighted by Crippen LogP contribution is 2.30. The molecule has 0 saturated carbocycles. The monoisotopic (exact) mass is 431 g/mol. The summed E-state index contributed by atoms with van der Waals surface area (Å²) in [5.41, 5.74) is 3.57. The summed E-state index contributed by atoms with van der Waals surface area (Å²) in [6.07, 6.45) is -0.924. The highest BCUT2D eigenvalue weighted by atomic mass is 32.1. The molecule has 8 nitrogen and oxygen atoms in total. The summed E-state index contributed by atoms with van der Waals surface area (Å²) in [7, 11) is 1.85. The number of fused-ring (bicyclic) bond motifs is 1. The Balaban J connectivity index is 1.57. The first kappa shape index (κ1) is 20.1. The zero-order valence-electron chi connectivity index (χ0n) is 16.8. The summed E-state index contributed by atoms with van der Waals surface area (Å²) in [5.74, 6) is -0.370. The Morgan fingerprint density at radius 3 is 2.70 bits per heavy atom. The Morgan fingerprint density at radius 1 is 1.27 bits per heavy atom. The SMILES string of the molecule is Cc1cc(C(F)F)c2c(C)nn(CC(=O)Nc3nc(-c4cnn(C)c4C)cs3)c2n1. The number of nitrogens with one attached hydrogen (secondary N) is 1. The summed E-state index contributed by atoms with van der Waals surface area (Å²) >= 11 is 1.29. The number of nitrogens with zero attached hydrogens (tertiary/aromatic N) is 6. The minimum Gasteiger partial charge on any atom is -0.300 e. The molecule has 0 aliphatic carbocycles. The molecule has 0 radical (unpaired) electrons. The standard InChI is InChI=1S/C19H19F2N7OS/c1-9-5-12(17(20)21)16-10(2)26-28(18(16)23-9)7-15(29)25-19-24-14(8-30-19)13-6-22-27(4)11(13)3/h5-6,8,17H,7H2,1-4H3,(H,24,25,29). The number of rotatable bonds is 5. The van der Waals surface area contributed by atoms with Crippen molar-refractivity contribution < 1.29 is 13.6 Å². The first-order valence-corrected chi connectivity index (χ1v) is 9.99. The zero-order valence-corrected chi connectivity index (χ0v) is 17.6. The van der Waals surface area contributed by atoms with Gasteiger partial charge in [-0.15, -0.1) is 11.3 Å². The number of anilines is 1. The maximum absolute atomic E-state index is 13.4. The number of alkyl halides is 2. The Labute approximate surface area is 174 Å². The lowest BCUT2D eigenvalue weighted by atomic mass is 10.1. The molecule has 4 aromatic rings. The van der Waals surface area contributed by atoms with Gasteiger partial charge in [-0.1, -0.05) is 0 Å². The summed E-state index contributed by atoms with van der Waals surface area (Å²) in [6.45, 7) is 5.04. The number of aryl methyl sites for hydroxylation is 3. The van der Waals surface area contributed by atoms with Gasteiger partial charge < -0.3 is 5.32 Å². The molecular weight excluding hydrogens is 412 g/mol. The number of carbonyl (C=O) groups excluding carboxylic acids is 1. The minimum atomic E-state index is -2.65. The average Bonchev–Trinajstić information content (AvgIpc) is 3.34. The molecule has 11 heteroatoms. The van der Waals surface area contributed by atoms with Gasteiger partial charge in [-0.2, -0.15) is 10.2 Å². The second-order valence-electron chi connectivity index (χ2n) is 6.95. The van der Waals surface area contributed by atoms with E-state index in [1.807, 2.05) is 19.4 Å². The van der Waals surface area contributed by atoms with Crippen LogP contribution < -0.4 is 5.32 Å². The van der Waals surface area contributed by atoms with Crippen LogP contribution in [0.4, 0.5) is 13.9 Å². The van der Waals surface area contributed by atoms with Gasteiger partial charge in [0, 0.05) is 34.9 Å². The molecule has 1 N–H and O–H groups in total. The van der Waals surface area contributed by atoms with E-state index in [0.29, 0.717) is 16.5 Å². The van der Waals surface area contributed by atoms with E-state index >= 15 is 0 Å². The highest BCUT2D eigenvalue weighted by Gasteiger charge is 2.21. The quantitative estimate of drug-likeness (QED) is 0.519. The van der Waals surface area contributed by atoms with Crippen molar-refractivity contribution >= 4 is 33.4 Å². The molecule has 4 heterocycles. The lowest BCUT2D eigenvalue weighted by Gasteiger charge is -2.06. The topological polar surface area (TPSA) is 90.5 Å². The van der Waals surface area contributed by atoms with Gasteiger partial charge in [0.1, 0.15) is 6.54 Å². The molecule has 0 aromatic carbocycles. The van der Waals surface area contributed by atoms with Crippen molar-refractivity contribution in [3.63, 3.8) is 0 Å². The van der Waals surface area contributed by atoms with Crippen LogP contribution in [0.3, 0.4) is 0 Å². The van der Waals surface area contributed by atoms with E-state index in [0.717, 1.165) is 17.0 Å². The van der Waals surface area contributed by atoms with Crippen molar-refractivity contribution in [2.45, 2.75) is 33.7 Å². The second-order valence-corrected chi connectivity index (χ2v) is 7.81. The van der Waals surface area contributed by atoms with Gasteiger partial charge >= 0.3 is 0 Å². The predicted molar refractivity (Wildman–Crippen MR) is 110 cm³/mol. The molecule has 1 amide bonds. The third-order valence-corrected chi connectivity index (χ3v) is 5.58. The molecule has 0 bridgehead atoms. The number of amides is 1. The minimum absolute atomic E-state index is 0.127. The third-order valence-electron chi connectivity index (χ3n) is 4.83. The molecule has 0 aliphatic rings. The van der Waals surface area contributed by atoms with Gasteiger partial charge in [-0.05, 0) is 26.8 Å². The van der Waals surface area contributed by atoms with E-state index in [1.54, 1.807) is 24.7 Å². The molecule has 0 spiro atoms. The van der Waals surface area contributed by atoms with Crippen molar-refractivity contribution in [1.82, 2.24) is 29.5 Å². The van der Waals surface area contributed by atoms with E-state index < -0.39 is 6.43 Å². The molecule has 0 atom stereocenters. The van der Waals surface area contributed by atoms with Crippen molar-refractivity contribution in [3.05, 3.63) is 40.3 Å². The fourth-order valence-corrected chi connectivity index (χ4v) is 4.03. The van der Waals surface area contributed by atoms with Gasteiger partial charge in [0.05, 0.1) is 23.0 Å². The fraction of sp³-hybridized carbons (Fsp3) is 0.316. The van der Waals surface area contributed by atoms with Crippen LogP contribution in [0.5, 0.6) is 0 Å². The predicted octanol–water partition coefficient (Wildman–Crippen LogP) is 3.79. The van der Waals surface area contributed by atoms with Crippen LogP contribution in [0, 0.1) is 20.8 Å². The van der Waals surface area contributed by atoms with Gasteiger partial charge in [0.2, 0.25) is 5.91 Å². The lowest BCUT2D eigenvalue weighted by Crippen LogP contribution is -2.19. The smallest absolute Gasteiger partial charge is 0.264 e. The summed E-state index contributed by atoms with van der Waals surface area (Å²) in [6, 6.07) is 1.35. The molecule has 30 heavy (non-hydrogen) atoms. The number of halogens is 2. The number of aromatic nitrogens is 6. The third kappa shape index (κ3) is 3.56. The molecule has 0 aliphatic heterocycles. The Morgan fingerprint density at radius 2 is 2.03 bits per heavy atom. The number of thiazole rings is 1. The van der Waals surface area contributed by atoms with Gasteiger partial charge in [-0.3, -0.25) is 9.48 Å². The van der Waals surface area contributed by atoms with E-state index in [1.165, 1.54) is 22.1 Å². The van der Waals surface area contributed by atoms with Crippen LogP contribution in [0.15, 0.2) is 17.6 Å². The molecule has 4 rings (SSSR count). The molecular formula is C19H19F2N7OS. The van der Waals surface area contributed by atoms with Crippen LogP contribution in [0.25, 0.3) is 22.3 Å². The lowest BCUT2D eigenvalue weighted by molar-refractivity contribution is -0.116. The van der Waals surface area contributed by atoms with Crippen LogP contribution in [0.2, 0.25) is 0 Å². The zero-order chi connectivity index (χ0) is 21.6. The van der Waals surface area contributed by atoms with Gasteiger partial charge in [0.15, 0.2) is 10.8 Å². The average molecular weight is 431 g/mol. The Hall–Kier alpha value is -3.21. The summed E-state index contributed by atoms with van der Waals surface area (Å²) in [4.78, 5) is 21.3. The normalized spacial score (nSPS) is 11.6. The van der Waals surface area contributed by atoms with Crippen LogP contribution in [0.1, 0.15) is 29.1 Å². The molecule has 0 saturated heterocycles. The van der Waals surface area contributed by atoms with Crippen LogP contribution >= 0.6 is 11.3 Å². The second kappa shape index (κ2) is 7.56. The molecule has 4 aromatic heterocycles. The number of carbonyl (C=O) groups is 1. The number of hydrogen-bond acceptors (Lipinski definition) is 6. The highest BCUT2D eigenvalue weighted by molar-refractivity contribution is 7.14. The Bertz CT molecular complexity index is 1260. The van der Waals surface area contributed by atoms with Gasteiger partial charge in [0.25, 0.3) is 6.43 Å². The van der Waals surface area contributed by atoms with E-state index in [4.69, 9.17) is 0 Å². The van der Waals surface area contributed by atoms with Crippen molar-refractivity contribution in [1.29, 1.82) is 0 Å². The van der Waals surface area contributed by atoms with E-state index in [9.17, 15) is 13.6 Å². The first-order valence-electron chi connectivity index (χ1n) is 9.11. The summed E-state index contributed by atoms with van der Waals surface area (Å²) in [5, 5.41) is 13.7.